The summed E-state index contributed by atoms with van der Waals surface area (Å²) in [6.45, 7) is 1.67. The average Bonchev–Trinajstić information content (AvgIpc) is 2.72. The van der Waals surface area contributed by atoms with Crippen LogP contribution in [0.3, 0.4) is 0 Å². The van der Waals surface area contributed by atoms with Gasteiger partial charge in [-0.05, 0) is 29.7 Å². The van der Waals surface area contributed by atoms with E-state index in [1.165, 1.54) is 6.07 Å². The van der Waals surface area contributed by atoms with Gasteiger partial charge in [0.25, 0.3) is 5.91 Å². The van der Waals surface area contributed by atoms with Gasteiger partial charge in [0, 0.05) is 23.9 Å². The fourth-order valence-corrected chi connectivity index (χ4v) is 3.21. The molecule has 0 aliphatic heterocycles. The van der Waals surface area contributed by atoms with Crippen LogP contribution in [0.4, 0.5) is 0 Å². The summed E-state index contributed by atoms with van der Waals surface area (Å²) in [6, 6.07) is 14.5. The number of hydrogen-bond acceptors (Lipinski definition) is 5. The molecule has 1 atom stereocenters. The number of carbonyl (C=O) groups is 2. The second-order valence-corrected chi connectivity index (χ2v) is 6.94. The summed E-state index contributed by atoms with van der Waals surface area (Å²) >= 11 is 0. The third kappa shape index (κ3) is 5.47. The van der Waals surface area contributed by atoms with E-state index in [0.717, 1.165) is 29.4 Å². The van der Waals surface area contributed by atoms with Crippen molar-refractivity contribution in [1.29, 1.82) is 0 Å². The van der Waals surface area contributed by atoms with E-state index in [1.807, 2.05) is 25.1 Å². The van der Waals surface area contributed by atoms with E-state index in [2.05, 4.69) is 5.32 Å². The lowest BCUT2D eigenvalue weighted by Crippen LogP contribution is -2.44. The van der Waals surface area contributed by atoms with E-state index < -0.39 is 23.5 Å². The quantitative estimate of drug-likeness (QED) is 0.527. The topological polar surface area (TPSA) is 106 Å². The summed E-state index contributed by atoms with van der Waals surface area (Å²) in [6.07, 6.45) is 1.82. The molecular weight excluding hydrogens is 386 g/mol. The van der Waals surface area contributed by atoms with Gasteiger partial charge >= 0.3 is 11.6 Å². The first kappa shape index (κ1) is 21.1. The number of fused-ring (bicyclic) bond motifs is 1. The van der Waals surface area contributed by atoms with Crippen LogP contribution < -0.4 is 15.7 Å². The molecule has 156 valence electrons. The van der Waals surface area contributed by atoms with Crippen molar-refractivity contribution in [2.75, 3.05) is 6.61 Å². The summed E-state index contributed by atoms with van der Waals surface area (Å²) < 4.78 is 10.7. The molecule has 0 spiro atoms. The zero-order valence-electron chi connectivity index (χ0n) is 16.6. The number of aliphatic carboxylic acids is 1. The Morgan fingerprint density at radius 3 is 2.60 bits per heavy atom. The van der Waals surface area contributed by atoms with Crippen LogP contribution in [-0.4, -0.2) is 29.6 Å². The van der Waals surface area contributed by atoms with E-state index in [9.17, 15) is 19.5 Å². The zero-order chi connectivity index (χ0) is 21.5. The van der Waals surface area contributed by atoms with Crippen LogP contribution in [0.1, 0.15) is 24.5 Å². The van der Waals surface area contributed by atoms with Crippen molar-refractivity contribution >= 4 is 22.8 Å². The summed E-state index contributed by atoms with van der Waals surface area (Å²) in [5.74, 6) is -1.33. The molecule has 0 radical (unpaired) electrons. The molecule has 0 saturated carbocycles. The van der Waals surface area contributed by atoms with Crippen LogP contribution in [0.25, 0.3) is 11.0 Å². The first-order chi connectivity index (χ1) is 14.5. The van der Waals surface area contributed by atoms with Crippen LogP contribution in [0.2, 0.25) is 0 Å². The first-order valence-corrected chi connectivity index (χ1v) is 9.72. The second-order valence-electron chi connectivity index (χ2n) is 6.94. The van der Waals surface area contributed by atoms with E-state index in [4.69, 9.17) is 9.15 Å². The third-order valence-electron chi connectivity index (χ3n) is 4.61. The Morgan fingerprint density at radius 2 is 1.90 bits per heavy atom. The van der Waals surface area contributed by atoms with Crippen LogP contribution in [-0.2, 0) is 22.4 Å². The van der Waals surface area contributed by atoms with Crippen molar-refractivity contribution in [3.63, 3.8) is 0 Å². The average molecular weight is 409 g/mol. The summed E-state index contributed by atoms with van der Waals surface area (Å²) in [5.41, 5.74) is 1.65. The number of carboxylic acid groups (broad SMARTS) is 1. The molecule has 3 rings (SSSR count). The van der Waals surface area contributed by atoms with Crippen LogP contribution in [0, 0.1) is 0 Å². The van der Waals surface area contributed by atoms with Crippen molar-refractivity contribution < 1.29 is 23.8 Å². The smallest absolute Gasteiger partial charge is 0.336 e. The van der Waals surface area contributed by atoms with Gasteiger partial charge in [0.05, 0.1) is 0 Å². The van der Waals surface area contributed by atoms with Crippen molar-refractivity contribution in [3.8, 4) is 5.75 Å². The second kappa shape index (κ2) is 9.73. The zero-order valence-corrected chi connectivity index (χ0v) is 16.6. The van der Waals surface area contributed by atoms with E-state index >= 15 is 0 Å². The maximum Gasteiger partial charge on any atom is 0.336 e. The number of rotatable bonds is 9. The van der Waals surface area contributed by atoms with Crippen molar-refractivity contribution in [2.24, 2.45) is 0 Å². The number of benzene rings is 2. The SMILES string of the molecule is CCCc1cc(=O)oc2cc(OCC(=O)NC(Cc3ccccc3)C(=O)O)ccc12. The van der Waals surface area contributed by atoms with Gasteiger partial charge in [-0.3, -0.25) is 4.79 Å². The molecular formula is C23H23NO6. The predicted molar refractivity (Wildman–Crippen MR) is 112 cm³/mol. The molecule has 2 N–H and O–H groups in total. The lowest BCUT2D eigenvalue weighted by atomic mass is 10.1. The monoisotopic (exact) mass is 409 g/mol. The highest BCUT2D eigenvalue weighted by molar-refractivity contribution is 5.85. The molecule has 3 aromatic rings. The van der Waals surface area contributed by atoms with Gasteiger partial charge in [-0.25, -0.2) is 9.59 Å². The Bertz CT molecular complexity index is 1090. The van der Waals surface area contributed by atoms with Crippen LogP contribution in [0.15, 0.2) is 63.8 Å². The Labute approximate surface area is 173 Å². The minimum absolute atomic E-state index is 0.170. The Balaban J connectivity index is 1.65. The Kier molecular flexibility index (Phi) is 6.85. The molecule has 1 aromatic heterocycles. The van der Waals surface area contributed by atoms with Crippen molar-refractivity contribution in [1.82, 2.24) is 5.32 Å². The predicted octanol–water partition coefficient (Wildman–Crippen LogP) is 2.94. The molecule has 2 aromatic carbocycles. The van der Waals surface area contributed by atoms with Crippen LogP contribution in [0.5, 0.6) is 5.75 Å². The number of amides is 1. The first-order valence-electron chi connectivity index (χ1n) is 9.72. The normalized spacial score (nSPS) is 11.8. The van der Waals surface area contributed by atoms with Gasteiger partial charge in [-0.15, -0.1) is 0 Å². The molecule has 1 unspecified atom stereocenters. The molecule has 0 aliphatic rings. The third-order valence-corrected chi connectivity index (χ3v) is 4.61. The minimum Gasteiger partial charge on any atom is -0.484 e. The van der Waals surface area contributed by atoms with Crippen molar-refractivity contribution in [2.45, 2.75) is 32.2 Å². The number of aryl methyl sites for hydroxylation is 1. The lowest BCUT2D eigenvalue weighted by Gasteiger charge is -2.15. The van der Waals surface area contributed by atoms with Gasteiger partial charge in [0.2, 0.25) is 0 Å². The Morgan fingerprint density at radius 1 is 1.13 bits per heavy atom. The van der Waals surface area contributed by atoms with Gasteiger partial charge in [0.1, 0.15) is 17.4 Å². The van der Waals surface area contributed by atoms with E-state index in [1.54, 1.807) is 30.3 Å². The molecule has 0 saturated heterocycles. The molecule has 1 amide bonds. The largest absolute Gasteiger partial charge is 0.484 e. The standard InChI is InChI=1S/C23H23NO6/c1-2-6-16-12-22(26)30-20-13-17(9-10-18(16)20)29-14-21(25)24-19(23(27)28)11-15-7-4-3-5-8-15/h3-5,7-10,12-13,19H,2,6,11,14H2,1H3,(H,24,25)(H,27,28). The maximum absolute atomic E-state index is 12.2. The highest BCUT2D eigenvalue weighted by Gasteiger charge is 2.20. The maximum atomic E-state index is 12.2. The van der Waals surface area contributed by atoms with E-state index in [0.29, 0.717) is 11.3 Å². The molecule has 7 heteroatoms. The minimum atomic E-state index is -1.12. The molecule has 0 aliphatic carbocycles. The van der Waals surface area contributed by atoms with E-state index in [-0.39, 0.29) is 13.0 Å². The highest BCUT2D eigenvalue weighted by atomic mass is 16.5. The number of hydrogen-bond donors (Lipinski definition) is 2. The number of carboxylic acids is 1. The fraction of sp³-hybridized carbons (Fsp3) is 0.261. The fourth-order valence-electron chi connectivity index (χ4n) is 3.21. The Hall–Kier alpha value is -3.61. The molecule has 30 heavy (non-hydrogen) atoms. The van der Waals surface area contributed by atoms with Crippen molar-refractivity contribution in [3.05, 3.63) is 76.1 Å². The molecule has 0 fully saturated rings. The number of nitrogens with one attached hydrogen (secondary N) is 1. The molecule has 1 heterocycles. The number of carbonyl (C=O) groups excluding carboxylic acids is 1. The summed E-state index contributed by atoms with van der Waals surface area (Å²) in [7, 11) is 0. The summed E-state index contributed by atoms with van der Waals surface area (Å²) in [4.78, 5) is 35.4. The van der Waals surface area contributed by atoms with Gasteiger partial charge in [-0.1, -0.05) is 43.7 Å². The number of ether oxygens (including phenoxy) is 1. The lowest BCUT2D eigenvalue weighted by molar-refractivity contribution is -0.142. The van der Waals surface area contributed by atoms with Gasteiger partial charge in [-0.2, -0.15) is 0 Å². The highest BCUT2D eigenvalue weighted by Crippen LogP contribution is 2.23. The van der Waals surface area contributed by atoms with Gasteiger partial charge in [0.15, 0.2) is 6.61 Å². The molecule has 7 nitrogen and oxygen atoms in total. The van der Waals surface area contributed by atoms with Gasteiger partial charge < -0.3 is 19.6 Å². The molecule has 0 bridgehead atoms. The summed E-state index contributed by atoms with van der Waals surface area (Å²) in [5, 5.41) is 12.7. The van der Waals surface area contributed by atoms with Crippen LogP contribution >= 0.6 is 0 Å².